The molecule has 0 spiro atoms. The molecule has 1 N–H and O–H groups in total. The van der Waals surface area contributed by atoms with Gasteiger partial charge < -0.3 is 9.67 Å². The van der Waals surface area contributed by atoms with Crippen LogP contribution >= 0.6 is 11.6 Å². The van der Waals surface area contributed by atoms with Gasteiger partial charge in [0, 0.05) is 5.02 Å². The highest BCUT2D eigenvalue weighted by atomic mass is 35.5. The molecule has 0 bridgehead atoms. The van der Waals surface area contributed by atoms with Crippen LogP contribution in [0.4, 0.5) is 0 Å². The zero-order valence-electron chi connectivity index (χ0n) is 15.1. The zero-order chi connectivity index (χ0) is 19.1. The first-order valence-electron chi connectivity index (χ1n) is 8.67. The lowest BCUT2D eigenvalue weighted by molar-refractivity contribution is 0.134. The van der Waals surface area contributed by atoms with Gasteiger partial charge in [0.25, 0.3) is 5.56 Å². The first-order chi connectivity index (χ1) is 12.9. The smallest absolute Gasteiger partial charge is 0.261 e. The van der Waals surface area contributed by atoms with Gasteiger partial charge in [-0.15, -0.1) is 0 Å². The van der Waals surface area contributed by atoms with Gasteiger partial charge in [-0.25, -0.2) is 9.97 Å². The third kappa shape index (κ3) is 3.34. The van der Waals surface area contributed by atoms with E-state index in [9.17, 15) is 9.90 Å². The average Bonchev–Trinajstić information content (AvgIpc) is 3.00. The molecule has 7 heteroatoms. The summed E-state index contributed by atoms with van der Waals surface area (Å²) in [5.41, 5.74) is 4.58. The molecule has 2 aromatic heterocycles. The fourth-order valence-corrected chi connectivity index (χ4v) is 3.40. The van der Waals surface area contributed by atoms with E-state index in [4.69, 9.17) is 11.6 Å². The lowest BCUT2D eigenvalue weighted by Gasteiger charge is -2.14. The van der Waals surface area contributed by atoms with Crippen molar-refractivity contribution < 1.29 is 5.11 Å². The molecule has 1 atom stereocenters. The van der Waals surface area contributed by atoms with E-state index in [2.05, 4.69) is 16.0 Å². The number of hydrogen-bond donors (Lipinski definition) is 1. The summed E-state index contributed by atoms with van der Waals surface area (Å²) in [6.45, 7) is 4.57. The molecule has 0 saturated heterocycles. The number of imidazole rings is 1. The van der Waals surface area contributed by atoms with Crippen molar-refractivity contribution >= 4 is 33.5 Å². The lowest BCUT2D eigenvalue weighted by Crippen LogP contribution is -2.29. The van der Waals surface area contributed by atoms with E-state index in [0.717, 1.165) is 11.0 Å². The van der Waals surface area contributed by atoms with Crippen LogP contribution in [0.1, 0.15) is 11.1 Å². The number of nitrogens with zero attached hydrogens (tertiary/aromatic N) is 4. The molecule has 0 radical (unpaired) electrons. The fourth-order valence-electron chi connectivity index (χ4n) is 3.23. The Labute approximate surface area is 160 Å². The van der Waals surface area contributed by atoms with Crippen molar-refractivity contribution in [3.8, 4) is 0 Å². The monoisotopic (exact) mass is 382 g/mol. The largest absolute Gasteiger partial charge is 0.389 e. The van der Waals surface area contributed by atoms with Crippen molar-refractivity contribution in [2.45, 2.75) is 33.0 Å². The molecule has 2 heterocycles. The molecule has 2 aromatic carbocycles. The van der Waals surface area contributed by atoms with Crippen LogP contribution in [0.25, 0.3) is 21.9 Å². The minimum Gasteiger partial charge on any atom is -0.389 e. The summed E-state index contributed by atoms with van der Waals surface area (Å²) < 4.78 is 3.32. The van der Waals surface area contributed by atoms with E-state index in [0.29, 0.717) is 22.5 Å². The number of aliphatic hydroxyl groups is 1. The van der Waals surface area contributed by atoms with Crippen molar-refractivity contribution in [3.05, 3.63) is 69.5 Å². The molecule has 0 fully saturated rings. The maximum atomic E-state index is 12.6. The highest BCUT2D eigenvalue weighted by Crippen LogP contribution is 2.19. The minimum atomic E-state index is -0.764. The Morgan fingerprint density at radius 2 is 1.67 bits per heavy atom. The van der Waals surface area contributed by atoms with E-state index < -0.39 is 6.10 Å². The Balaban J connectivity index is 1.61. The summed E-state index contributed by atoms with van der Waals surface area (Å²) in [7, 11) is 0. The highest BCUT2D eigenvalue weighted by molar-refractivity contribution is 6.31. The van der Waals surface area contributed by atoms with Gasteiger partial charge in [0.15, 0.2) is 0 Å². The first kappa shape index (κ1) is 17.7. The highest BCUT2D eigenvalue weighted by Gasteiger charge is 2.13. The second-order valence-electron chi connectivity index (χ2n) is 6.84. The Morgan fingerprint density at radius 1 is 1.00 bits per heavy atom. The Morgan fingerprint density at radius 3 is 2.48 bits per heavy atom. The molecule has 0 unspecified atom stereocenters. The quantitative estimate of drug-likeness (QED) is 0.588. The molecule has 0 amide bonds. The van der Waals surface area contributed by atoms with Crippen LogP contribution in [0.2, 0.25) is 5.02 Å². The molecule has 0 aliphatic rings. The normalized spacial score (nSPS) is 12.7. The van der Waals surface area contributed by atoms with Crippen LogP contribution in [0, 0.1) is 13.8 Å². The summed E-state index contributed by atoms with van der Waals surface area (Å²) in [5.74, 6) is 0. The van der Waals surface area contributed by atoms with Crippen LogP contribution in [-0.4, -0.2) is 30.3 Å². The maximum Gasteiger partial charge on any atom is 0.261 e. The Bertz CT molecular complexity index is 1210. The van der Waals surface area contributed by atoms with E-state index in [1.807, 2.05) is 24.5 Å². The van der Waals surface area contributed by atoms with Crippen molar-refractivity contribution in [3.63, 3.8) is 0 Å². The number of rotatable bonds is 4. The van der Waals surface area contributed by atoms with Crippen molar-refractivity contribution in [1.29, 1.82) is 0 Å². The van der Waals surface area contributed by atoms with Crippen molar-refractivity contribution in [2.24, 2.45) is 0 Å². The van der Waals surface area contributed by atoms with Gasteiger partial charge in [-0.3, -0.25) is 9.36 Å². The third-order valence-electron chi connectivity index (χ3n) is 4.84. The van der Waals surface area contributed by atoms with Crippen LogP contribution in [0.5, 0.6) is 0 Å². The van der Waals surface area contributed by atoms with E-state index in [1.165, 1.54) is 22.0 Å². The number of aromatic nitrogens is 4. The van der Waals surface area contributed by atoms with Crippen LogP contribution in [0.3, 0.4) is 0 Å². The number of fused-ring (bicyclic) bond motifs is 2. The first-order valence-corrected chi connectivity index (χ1v) is 9.05. The molecular formula is C20H19ClN4O2. The summed E-state index contributed by atoms with van der Waals surface area (Å²) in [5, 5.41) is 11.5. The van der Waals surface area contributed by atoms with Gasteiger partial charge in [0.1, 0.15) is 0 Å². The fraction of sp³-hybridized carbons (Fsp3) is 0.250. The van der Waals surface area contributed by atoms with Gasteiger partial charge in [-0.2, -0.15) is 0 Å². The van der Waals surface area contributed by atoms with Crippen LogP contribution < -0.4 is 5.56 Å². The molecule has 0 saturated carbocycles. The Hall–Kier alpha value is -2.70. The predicted octanol–water partition coefficient (Wildman–Crippen LogP) is 3.08. The summed E-state index contributed by atoms with van der Waals surface area (Å²) >= 11 is 5.99. The standard InChI is InChI=1S/C20H19ClN4O2/c1-12-5-18-19(6-13(12)2)24(10-23-18)8-15(26)9-25-11-22-17-4-3-14(21)7-16(17)20(25)27/h3-7,10-11,15,26H,8-9H2,1-2H3/t15-/m1/s1. The Kier molecular flexibility index (Phi) is 4.45. The number of hydrogen-bond acceptors (Lipinski definition) is 4. The lowest BCUT2D eigenvalue weighted by atomic mass is 10.1. The van der Waals surface area contributed by atoms with E-state index in [-0.39, 0.29) is 12.1 Å². The molecule has 27 heavy (non-hydrogen) atoms. The number of aryl methyl sites for hydroxylation is 2. The summed E-state index contributed by atoms with van der Waals surface area (Å²) in [4.78, 5) is 21.3. The predicted molar refractivity (Wildman–Crippen MR) is 106 cm³/mol. The summed E-state index contributed by atoms with van der Waals surface area (Å²) in [6.07, 6.45) is 2.41. The second kappa shape index (κ2) is 6.79. The zero-order valence-corrected chi connectivity index (χ0v) is 15.8. The topological polar surface area (TPSA) is 72.9 Å². The number of aliphatic hydroxyl groups excluding tert-OH is 1. The molecule has 4 aromatic rings. The van der Waals surface area contributed by atoms with Gasteiger partial charge in [0.05, 0.1) is 53.8 Å². The maximum absolute atomic E-state index is 12.6. The molecule has 0 aliphatic heterocycles. The number of halogens is 1. The van der Waals surface area contributed by atoms with Gasteiger partial charge in [0.2, 0.25) is 0 Å². The molecule has 0 aliphatic carbocycles. The van der Waals surface area contributed by atoms with Crippen molar-refractivity contribution in [1.82, 2.24) is 19.1 Å². The van der Waals surface area contributed by atoms with Crippen LogP contribution in [0.15, 0.2) is 47.8 Å². The second-order valence-corrected chi connectivity index (χ2v) is 7.28. The van der Waals surface area contributed by atoms with E-state index in [1.54, 1.807) is 24.5 Å². The van der Waals surface area contributed by atoms with E-state index >= 15 is 0 Å². The average molecular weight is 383 g/mol. The molecular weight excluding hydrogens is 364 g/mol. The SMILES string of the molecule is Cc1cc2ncn(C[C@@H](O)Cn3cnc4ccc(Cl)cc4c3=O)c2cc1C. The molecule has 138 valence electrons. The third-order valence-corrected chi connectivity index (χ3v) is 5.07. The molecule has 6 nitrogen and oxygen atoms in total. The van der Waals surface area contributed by atoms with Gasteiger partial charge in [-0.1, -0.05) is 11.6 Å². The van der Waals surface area contributed by atoms with Crippen LogP contribution in [-0.2, 0) is 13.1 Å². The van der Waals surface area contributed by atoms with Crippen molar-refractivity contribution in [2.75, 3.05) is 0 Å². The molecule has 4 rings (SSSR count). The van der Waals surface area contributed by atoms with Gasteiger partial charge >= 0.3 is 0 Å². The summed E-state index contributed by atoms with van der Waals surface area (Å²) in [6, 6.07) is 9.11. The number of benzene rings is 2. The van der Waals surface area contributed by atoms with Gasteiger partial charge in [-0.05, 0) is 55.3 Å². The minimum absolute atomic E-state index is 0.138.